The first-order valence-electron chi connectivity index (χ1n) is 11.8. The van der Waals surface area contributed by atoms with Crippen LogP contribution in [0, 0.1) is 12.7 Å². The first kappa shape index (κ1) is 24.7. The largest absolute Gasteiger partial charge is 0.381 e. The normalized spacial score (nSPS) is 14.1. The van der Waals surface area contributed by atoms with Gasteiger partial charge in [-0.05, 0) is 55.7 Å². The molecule has 4 heterocycles. The molecular weight excluding hydrogens is 495 g/mol. The molecule has 188 valence electrons. The van der Waals surface area contributed by atoms with E-state index >= 15 is 0 Å². The number of nitrogens with one attached hydrogen (secondary N) is 2. The predicted molar refractivity (Wildman–Crippen MR) is 141 cm³/mol. The summed E-state index contributed by atoms with van der Waals surface area (Å²) in [5, 5.41) is 8.00. The minimum atomic E-state index is -0.413. The summed E-state index contributed by atoms with van der Waals surface area (Å²) < 4.78 is 19.6. The van der Waals surface area contributed by atoms with E-state index in [1.54, 1.807) is 24.7 Å². The summed E-state index contributed by atoms with van der Waals surface area (Å²) in [5.41, 5.74) is 7.10. The van der Waals surface area contributed by atoms with Gasteiger partial charge < -0.3 is 10.1 Å². The Morgan fingerprint density at radius 2 is 1.81 bits per heavy atom. The number of anilines is 3. The van der Waals surface area contributed by atoms with Crippen LogP contribution in [0.5, 0.6) is 0 Å². The van der Waals surface area contributed by atoms with Gasteiger partial charge in [0.15, 0.2) is 11.6 Å². The van der Waals surface area contributed by atoms with Gasteiger partial charge in [0.25, 0.3) is 0 Å². The molecule has 0 atom stereocenters. The average molecular weight is 519 g/mol. The van der Waals surface area contributed by atoms with Crippen LogP contribution in [0.1, 0.15) is 35.7 Å². The lowest BCUT2D eigenvalue weighted by molar-refractivity contribution is 0.0837. The molecular formula is C26H24ClFN8O. The number of halogens is 2. The maximum Gasteiger partial charge on any atom is 0.243 e. The van der Waals surface area contributed by atoms with Crippen LogP contribution < -0.4 is 10.7 Å². The van der Waals surface area contributed by atoms with Crippen LogP contribution in [0.15, 0.2) is 60.2 Å². The topological polar surface area (TPSA) is 110 Å². The van der Waals surface area contributed by atoms with E-state index in [4.69, 9.17) is 16.3 Å². The number of pyridine rings is 1. The Hall–Kier alpha value is -4.02. The van der Waals surface area contributed by atoms with Gasteiger partial charge in [-0.2, -0.15) is 5.10 Å². The predicted octanol–water partition coefficient (Wildman–Crippen LogP) is 5.51. The lowest BCUT2D eigenvalue weighted by atomic mass is 9.96. The van der Waals surface area contributed by atoms with Gasteiger partial charge in [0.1, 0.15) is 0 Å². The van der Waals surface area contributed by atoms with Gasteiger partial charge in [-0.3, -0.25) is 4.98 Å². The Bertz CT molecular complexity index is 1390. The molecule has 0 aliphatic carbocycles. The Morgan fingerprint density at radius 1 is 1.00 bits per heavy atom. The fourth-order valence-corrected chi connectivity index (χ4v) is 4.14. The molecule has 1 aliphatic rings. The second-order valence-corrected chi connectivity index (χ2v) is 9.03. The Balaban J connectivity index is 1.22. The van der Waals surface area contributed by atoms with E-state index < -0.39 is 5.82 Å². The van der Waals surface area contributed by atoms with Crippen molar-refractivity contribution >= 4 is 35.1 Å². The number of hydrazone groups is 1. The highest BCUT2D eigenvalue weighted by Gasteiger charge is 2.21. The monoisotopic (exact) mass is 518 g/mol. The number of ether oxygens (including phenoxy) is 1. The molecule has 0 bridgehead atoms. The molecule has 0 amide bonds. The van der Waals surface area contributed by atoms with Gasteiger partial charge >= 0.3 is 0 Å². The van der Waals surface area contributed by atoms with Crippen molar-refractivity contribution in [1.82, 2.24) is 24.9 Å². The van der Waals surface area contributed by atoms with Crippen molar-refractivity contribution in [2.24, 2.45) is 5.10 Å². The summed E-state index contributed by atoms with van der Waals surface area (Å²) in [6, 6.07) is 9.23. The summed E-state index contributed by atoms with van der Waals surface area (Å²) in [6.07, 6.45) is 9.39. The average Bonchev–Trinajstić information content (AvgIpc) is 2.91. The molecule has 0 saturated carbocycles. The highest BCUT2D eigenvalue weighted by atomic mass is 35.5. The quantitative estimate of drug-likeness (QED) is 0.243. The van der Waals surface area contributed by atoms with Gasteiger partial charge in [0, 0.05) is 47.8 Å². The van der Waals surface area contributed by atoms with Crippen molar-refractivity contribution in [3.8, 4) is 11.4 Å². The summed E-state index contributed by atoms with van der Waals surface area (Å²) >= 11 is 6.32. The van der Waals surface area contributed by atoms with E-state index in [0.717, 1.165) is 35.3 Å². The van der Waals surface area contributed by atoms with E-state index in [0.29, 0.717) is 35.4 Å². The summed E-state index contributed by atoms with van der Waals surface area (Å²) in [5.74, 6) is 0.428. The maximum absolute atomic E-state index is 14.2. The van der Waals surface area contributed by atoms with Crippen LogP contribution in [0.3, 0.4) is 0 Å². The van der Waals surface area contributed by atoms with Crippen LogP contribution in [0.2, 0.25) is 5.02 Å². The number of hydrogen-bond donors (Lipinski definition) is 2. The van der Waals surface area contributed by atoms with E-state index in [1.165, 1.54) is 12.4 Å². The van der Waals surface area contributed by atoms with Crippen molar-refractivity contribution in [2.45, 2.75) is 25.7 Å². The number of aryl methyl sites for hydroxylation is 1. The van der Waals surface area contributed by atoms with Crippen molar-refractivity contribution in [2.75, 3.05) is 24.0 Å². The molecule has 0 unspecified atom stereocenters. The molecule has 5 rings (SSSR count). The number of nitrogens with zero attached hydrogens (tertiary/aromatic N) is 6. The lowest BCUT2D eigenvalue weighted by Crippen LogP contribution is -2.17. The highest BCUT2D eigenvalue weighted by Crippen LogP contribution is 2.28. The zero-order valence-corrected chi connectivity index (χ0v) is 20.8. The van der Waals surface area contributed by atoms with Crippen LogP contribution in [0.4, 0.5) is 21.7 Å². The molecule has 1 saturated heterocycles. The Labute approximate surface area is 218 Å². The van der Waals surface area contributed by atoms with Crippen LogP contribution in [0.25, 0.3) is 11.4 Å². The zero-order valence-electron chi connectivity index (χ0n) is 20.0. The number of benzene rings is 1. The first-order chi connectivity index (χ1) is 18.0. The third-order valence-corrected chi connectivity index (χ3v) is 5.97. The van der Waals surface area contributed by atoms with Gasteiger partial charge in [0.05, 0.1) is 35.7 Å². The lowest BCUT2D eigenvalue weighted by Gasteiger charge is -2.21. The van der Waals surface area contributed by atoms with Crippen LogP contribution in [-0.4, -0.2) is 44.3 Å². The van der Waals surface area contributed by atoms with Crippen LogP contribution >= 0.6 is 11.6 Å². The van der Waals surface area contributed by atoms with Crippen molar-refractivity contribution in [3.05, 3.63) is 82.9 Å². The summed E-state index contributed by atoms with van der Waals surface area (Å²) in [6.45, 7) is 3.14. The third-order valence-electron chi connectivity index (χ3n) is 5.75. The molecule has 4 aromatic rings. The Kier molecular flexibility index (Phi) is 7.57. The smallest absolute Gasteiger partial charge is 0.243 e. The SMILES string of the molecule is Cc1cnc(-c2cc(Cl)cc(Nc3ccc(/C=N/Nc4ncc(F)c(C5CCOCC5)n4)nc3)c2)nc1. The molecule has 0 radical (unpaired) electrons. The van der Waals surface area contributed by atoms with Gasteiger partial charge in [-0.15, -0.1) is 0 Å². The fraction of sp³-hybridized carbons (Fsp3) is 0.231. The molecule has 11 heteroatoms. The molecule has 9 nitrogen and oxygen atoms in total. The zero-order chi connectivity index (χ0) is 25.6. The van der Waals surface area contributed by atoms with E-state index in [2.05, 4.69) is 40.8 Å². The maximum atomic E-state index is 14.2. The Morgan fingerprint density at radius 3 is 2.57 bits per heavy atom. The van der Waals surface area contributed by atoms with Gasteiger partial charge in [-0.1, -0.05) is 11.6 Å². The second kappa shape index (κ2) is 11.4. The number of rotatable bonds is 7. The van der Waals surface area contributed by atoms with E-state index in [-0.39, 0.29) is 11.9 Å². The second-order valence-electron chi connectivity index (χ2n) is 8.59. The molecule has 1 aromatic carbocycles. The van der Waals surface area contributed by atoms with Crippen molar-refractivity contribution < 1.29 is 9.13 Å². The van der Waals surface area contributed by atoms with Crippen molar-refractivity contribution in [3.63, 3.8) is 0 Å². The minimum Gasteiger partial charge on any atom is -0.381 e. The number of aromatic nitrogens is 5. The summed E-state index contributed by atoms with van der Waals surface area (Å²) in [4.78, 5) is 21.4. The molecule has 1 aliphatic heterocycles. The molecule has 3 aromatic heterocycles. The standard InChI is InChI=1S/C26H24ClFN8O/c1-16-11-30-25(31-12-16)18-8-19(27)10-22(9-18)34-21-3-2-20(29-13-21)14-33-36-26-32-15-23(28)24(35-26)17-4-6-37-7-5-17/h2-3,8-15,17,34H,4-7H2,1H3,(H,32,35,36)/b33-14+. The number of hydrogen-bond acceptors (Lipinski definition) is 9. The van der Waals surface area contributed by atoms with Gasteiger partial charge in [0.2, 0.25) is 5.95 Å². The molecule has 2 N–H and O–H groups in total. The third kappa shape index (κ3) is 6.41. The minimum absolute atomic E-state index is 0.0166. The van der Waals surface area contributed by atoms with Gasteiger partial charge in [-0.25, -0.2) is 29.8 Å². The molecule has 0 spiro atoms. The molecule has 37 heavy (non-hydrogen) atoms. The fourth-order valence-electron chi connectivity index (χ4n) is 3.90. The highest BCUT2D eigenvalue weighted by molar-refractivity contribution is 6.31. The van der Waals surface area contributed by atoms with Crippen LogP contribution in [-0.2, 0) is 4.74 Å². The van der Waals surface area contributed by atoms with Crippen molar-refractivity contribution in [1.29, 1.82) is 0 Å². The van der Waals surface area contributed by atoms with E-state index in [1.807, 2.05) is 31.2 Å². The molecule has 1 fully saturated rings. The summed E-state index contributed by atoms with van der Waals surface area (Å²) in [7, 11) is 0. The first-order valence-corrected chi connectivity index (χ1v) is 12.1. The van der Waals surface area contributed by atoms with E-state index in [9.17, 15) is 4.39 Å².